The van der Waals surface area contributed by atoms with Gasteiger partial charge in [0.1, 0.15) is 0 Å². The lowest BCUT2D eigenvalue weighted by molar-refractivity contribution is 0.300. The molecule has 1 aliphatic carbocycles. The highest BCUT2D eigenvalue weighted by atomic mass is 16.2. The van der Waals surface area contributed by atoms with E-state index in [0.717, 1.165) is 6.42 Å². The standard InChI is InChI=1S/C15H19NO/c17-7-6-13-10-16-15-9-12-5-3-1-2-4-11(12)8-14(13)15/h8-10,16-17H,1-7H2. The summed E-state index contributed by atoms with van der Waals surface area (Å²) in [5, 5.41) is 10.4. The lowest BCUT2D eigenvalue weighted by Gasteiger charge is -2.06. The predicted octanol–water partition coefficient (Wildman–Crippen LogP) is 2.97. The molecule has 17 heavy (non-hydrogen) atoms. The Morgan fingerprint density at radius 1 is 1.06 bits per heavy atom. The van der Waals surface area contributed by atoms with Gasteiger partial charge in [0.2, 0.25) is 0 Å². The van der Waals surface area contributed by atoms with Crippen LogP contribution in [-0.2, 0) is 19.3 Å². The highest BCUT2D eigenvalue weighted by molar-refractivity contribution is 5.85. The molecule has 0 fully saturated rings. The van der Waals surface area contributed by atoms with Gasteiger partial charge < -0.3 is 10.1 Å². The van der Waals surface area contributed by atoms with Crippen molar-refractivity contribution < 1.29 is 5.11 Å². The number of nitrogens with one attached hydrogen (secondary N) is 1. The number of aromatic nitrogens is 1. The van der Waals surface area contributed by atoms with Crippen LogP contribution in [0.15, 0.2) is 18.3 Å². The third-order valence-corrected chi connectivity index (χ3v) is 3.86. The largest absolute Gasteiger partial charge is 0.396 e. The van der Waals surface area contributed by atoms with E-state index in [1.54, 1.807) is 0 Å². The first-order chi connectivity index (χ1) is 8.38. The van der Waals surface area contributed by atoms with Gasteiger partial charge >= 0.3 is 0 Å². The first kappa shape index (κ1) is 10.8. The summed E-state index contributed by atoms with van der Waals surface area (Å²) in [5.41, 5.74) is 5.52. The lowest BCUT2D eigenvalue weighted by atomic mass is 9.99. The summed E-state index contributed by atoms with van der Waals surface area (Å²) >= 11 is 0. The Labute approximate surface area is 102 Å². The molecule has 0 radical (unpaired) electrons. The molecule has 0 aliphatic heterocycles. The highest BCUT2D eigenvalue weighted by Gasteiger charge is 2.11. The smallest absolute Gasteiger partial charge is 0.0472 e. The number of fused-ring (bicyclic) bond motifs is 2. The monoisotopic (exact) mass is 229 g/mol. The molecule has 90 valence electrons. The molecule has 0 amide bonds. The minimum atomic E-state index is 0.226. The number of aliphatic hydroxyl groups is 1. The summed E-state index contributed by atoms with van der Waals surface area (Å²) in [5.74, 6) is 0. The number of aliphatic hydroxyl groups excluding tert-OH is 1. The van der Waals surface area contributed by atoms with Gasteiger partial charge in [-0.25, -0.2) is 0 Å². The molecular weight excluding hydrogens is 210 g/mol. The van der Waals surface area contributed by atoms with Crippen molar-refractivity contribution in [3.63, 3.8) is 0 Å². The van der Waals surface area contributed by atoms with E-state index in [9.17, 15) is 0 Å². The molecule has 0 bridgehead atoms. The molecule has 0 unspecified atom stereocenters. The van der Waals surface area contributed by atoms with E-state index >= 15 is 0 Å². The molecule has 1 aromatic heterocycles. The third kappa shape index (κ3) is 1.98. The van der Waals surface area contributed by atoms with E-state index < -0.39 is 0 Å². The van der Waals surface area contributed by atoms with Crippen LogP contribution in [0.1, 0.15) is 36.0 Å². The molecule has 0 spiro atoms. The van der Waals surface area contributed by atoms with Crippen molar-refractivity contribution in [2.24, 2.45) is 0 Å². The summed E-state index contributed by atoms with van der Waals surface area (Å²) < 4.78 is 0. The second-order valence-electron chi connectivity index (χ2n) is 5.01. The quantitative estimate of drug-likeness (QED) is 0.763. The molecule has 1 heterocycles. The van der Waals surface area contributed by atoms with Crippen molar-refractivity contribution in [2.75, 3.05) is 6.61 Å². The Kier molecular flexibility index (Phi) is 2.89. The van der Waals surface area contributed by atoms with E-state index in [1.807, 2.05) is 6.20 Å². The van der Waals surface area contributed by atoms with Gasteiger partial charge in [-0.2, -0.15) is 0 Å². The fourth-order valence-corrected chi connectivity index (χ4v) is 2.92. The maximum atomic E-state index is 9.07. The molecular formula is C15H19NO. The number of hydrogen-bond donors (Lipinski definition) is 2. The molecule has 0 saturated carbocycles. The molecule has 1 aliphatic rings. The zero-order chi connectivity index (χ0) is 11.7. The van der Waals surface area contributed by atoms with Crippen molar-refractivity contribution in [1.29, 1.82) is 0 Å². The minimum Gasteiger partial charge on any atom is -0.396 e. The Hall–Kier alpha value is -1.28. The third-order valence-electron chi connectivity index (χ3n) is 3.86. The zero-order valence-electron chi connectivity index (χ0n) is 10.1. The summed E-state index contributed by atoms with van der Waals surface area (Å²) in [4.78, 5) is 3.33. The van der Waals surface area contributed by atoms with Gasteiger partial charge in [0.05, 0.1) is 0 Å². The summed E-state index contributed by atoms with van der Waals surface area (Å²) in [7, 11) is 0. The van der Waals surface area contributed by atoms with Crippen molar-refractivity contribution >= 4 is 10.9 Å². The first-order valence-corrected chi connectivity index (χ1v) is 6.61. The number of hydrogen-bond acceptors (Lipinski definition) is 1. The lowest BCUT2D eigenvalue weighted by Crippen LogP contribution is -1.92. The number of aryl methyl sites for hydroxylation is 2. The van der Waals surface area contributed by atoms with E-state index in [1.165, 1.54) is 59.7 Å². The van der Waals surface area contributed by atoms with E-state index in [2.05, 4.69) is 17.1 Å². The summed E-state index contributed by atoms with van der Waals surface area (Å²) in [6.07, 6.45) is 9.22. The molecule has 3 rings (SSSR count). The van der Waals surface area contributed by atoms with Gasteiger partial charge in [-0.05, 0) is 60.9 Å². The SMILES string of the molecule is OCCc1c[nH]c2cc3c(cc12)CCCCC3. The maximum absolute atomic E-state index is 9.07. The fourth-order valence-electron chi connectivity index (χ4n) is 2.92. The van der Waals surface area contributed by atoms with Crippen LogP contribution in [0.2, 0.25) is 0 Å². The van der Waals surface area contributed by atoms with Crippen LogP contribution in [0.3, 0.4) is 0 Å². The van der Waals surface area contributed by atoms with Gasteiger partial charge in [0, 0.05) is 23.7 Å². The van der Waals surface area contributed by atoms with Gasteiger partial charge in [-0.1, -0.05) is 6.42 Å². The van der Waals surface area contributed by atoms with Gasteiger partial charge in [0.15, 0.2) is 0 Å². The average Bonchev–Trinajstić information content (AvgIpc) is 2.59. The number of aromatic amines is 1. The van der Waals surface area contributed by atoms with Crippen LogP contribution < -0.4 is 0 Å². The molecule has 0 atom stereocenters. The van der Waals surface area contributed by atoms with Gasteiger partial charge in [-0.15, -0.1) is 0 Å². The summed E-state index contributed by atoms with van der Waals surface area (Å²) in [6.45, 7) is 0.226. The first-order valence-electron chi connectivity index (χ1n) is 6.61. The molecule has 2 N–H and O–H groups in total. The summed E-state index contributed by atoms with van der Waals surface area (Å²) in [6, 6.07) is 4.66. The molecule has 1 aromatic carbocycles. The van der Waals surface area contributed by atoms with Crippen LogP contribution in [0, 0.1) is 0 Å². The normalized spacial score (nSPS) is 15.8. The van der Waals surface area contributed by atoms with Gasteiger partial charge in [0.25, 0.3) is 0 Å². The van der Waals surface area contributed by atoms with Crippen LogP contribution >= 0.6 is 0 Å². The Morgan fingerprint density at radius 2 is 1.82 bits per heavy atom. The predicted molar refractivity (Wildman–Crippen MR) is 70.3 cm³/mol. The second-order valence-corrected chi connectivity index (χ2v) is 5.01. The van der Waals surface area contributed by atoms with Crippen molar-refractivity contribution in [1.82, 2.24) is 4.98 Å². The number of H-pyrrole nitrogens is 1. The molecule has 2 aromatic rings. The highest BCUT2D eigenvalue weighted by Crippen LogP contribution is 2.27. The Bertz CT molecular complexity index is 527. The minimum absolute atomic E-state index is 0.226. The van der Waals surface area contributed by atoms with Crippen LogP contribution in [0.25, 0.3) is 10.9 Å². The van der Waals surface area contributed by atoms with Crippen LogP contribution in [-0.4, -0.2) is 16.7 Å². The number of rotatable bonds is 2. The Balaban J connectivity index is 2.10. The van der Waals surface area contributed by atoms with E-state index in [-0.39, 0.29) is 6.61 Å². The zero-order valence-corrected chi connectivity index (χ0v) is 10.1. The molecule has 2 heteroatoms. The average molecular weight is 229 g/mol. The molecule has 0 saturated heterocycles. The molecule has 2 nitrogen and oxygen atoms in total. The maximum Gasteiger partial charge on any atom is 0.0472 e. The second kappa shape index (κ2) is 4.53. The topological polar surface area (TPSA) is 36.0 Å². The van der Waals surface area contributed by atoms with E-state index in [0.29, 0.717) is 0 Å². The number of benzene rings is 1. The Morgan fingerprint density at radius 3 is 2.59 bits per heavy atom. The van der Waals surface area contributed by atoms with Crippen LogP contribution in [0.5, 0.6) is 0 Å². The van der Waals surface area contributed by atoms with E-state index in [4.69, 9.17) is 5.11 Å². The fraction of sp³-hybridized carbons (Fsp3) is 0.467. The van der Waals surface area contributed by atoms with Gasteiger partial charge in [-0.3, -0.25) is 0 Å². The van der Waals surface area contributed by atoms with Crippen LogP contribution in [0.4, 0.5) is 0 Å². The van der Waals surface area contributed by atoms with Crippen molar-refractivity contribution in [3.05, 3.63) is 35.0 Å². The van der Waals surface area contributed by atoms with Crippen molar-refractivity contribution in [2.45, 2.75) is 38.5 Å². The van der Waals surface area contributed by atoms with Crippen molar-refractivity contribution in [3.8, 4) is 0 Å².